The smallest absolute Gasteiger partial charge is 0.226 e. The Labute approximate surface area is 229 Å². The molecule has 1 aliphatic heterocycles. The van der Waals surface area contributed by atoms with E-state index < -0.39 is 0 Å². The van der Waals surface area contributed by atoms with Crippen molar-refractivity contribution in [2.45, 2.75) is 32.7 Å². The Balaban J connectivity index is 1.48. The number of benzene rings is 2. The van der Waals surface area contributed by atoms with Gasteiger partial charge in [-0.15, -0.1) is 0 Å². The summed E-state index contributed by atoms with van der Waals surface area (Å²) in [7, 11) is 1.93. The lowest BCUT2D eigenvalue weighted by atomic mass is 9.99. The van der Waals surface area contributed by atoms with E-state index >= 15 is 0 Å². The van der Waals surface area contributed by atoms with E-state index in [0.717, 1.165) is 70.7 Å². The van der Waals surface area contributed by atoms with Crippen LogP contribution in [-0.4, -0.2) is 51.8 Å². The maximum absolute atomic E-state index is 4.95. The normalized spacial score (nSPS) is 14.8. The first kappa shape index (κ1) is 26.4. The Morgan fingerprint density at radius 2 is 1.95 bits per heavy atom. The minimum Gasteiger partial charge on any atom is -0.388 e. The molecule has 0 radical (unpaired) electrons. The van der Waals surface area contributed by atoms with Crippen LogP contribution in [0.5, 0.6) is 0 Å². The third kappa shape index (κ3) is 6.43. The lowest BCUT2D eigenvalue weighted by molar-refractivity contribution is 0.613. The SMILES string of the molecule is CNc1ccc2c(-c3ccccc3CNc3nc(NCC4CCNC4)ncn[nH]cc3C(C)C)nccc2c1. The third-order valence-corrected chi connectivity index (χ3v) is 7.13. The zero-order chi connectivity index (χ0) is 27.0. The van der Waals surface area contributed by atoms with Gasteiger partial charge in [0, 0.05) is 54.7 Å². The number of aromatic amines is 1. The van der Waals surface area contributed by atoms with Crippen LogP contribution in [0.15, 0.2) is 67.3 Å². The van der Waals surface area contributed by atoms with Crippen LogP contribution in [0.25, 0.3) is 22.0 Å². The summed E-state index contributed by atoms with van der Waals surface area (Å²) in [5.74, 6) is 2.09. The van der Waals surface area contributed by atoms with Crippen molar-refractivity contribution >= 4 is 28.2 Å². The van der Waals surface area contributed by atoms with Crippen molar-refractivity contribution in [1.82, 2.24) is 30.5 Å². The first-order valence-electron chi connectivity index (χ1n) is 13.6. The average Bonchev–Trinajstić information content (AvgIpc) is 3.51. The minimum atomic E-state index is 0.216. The predicted octanol–water partition coefficient (Wildman–Crippen LogP) is 5.34. The molecule has 39 heavy (non-hydrogen) atoms. The Morgan fingerprint density at radius 1 is 1.05 bits per heavy atom. The van der Waals surface area contributed by atoms with Crippen molar-refractivity contribution in [3.05, 3.63) is 78.4 Å². The fourth-order valence-electron chi connectivity index (χ4n) is 4.92. The van der Waals surface area contributed by atoms with Crippen molar-refractivity contribution < 1.29 is 0 Å². The number of H-pyrrole nitrogens is 1. The van der Waals surface area contributed by atoms with E-state index in [1.54, 1.807) is 0 Å². The van der Waals surface area contributed by atoms with Crippen LogP contribution in [0.3, 0.4) is 0 Å². The molecule has 0 aliphatic carbocycles. The molecular weight excluding hydrogens is 486 g/mol. The van der Waals surface area contributed by atoms with Crippen molar-refractivity contribution in [3.8, 4) is 11.3 Å². The summed E-state index contributed by atoms with van der Waals surface area (Å²) in [6, 6.07) is 16.8. The van der Waals surface area contributed by atoms with Gasteiger partial charge in [0.25, 0.3) is 0 Å². The summed E-state index contributed by atoms with van der Waals surface area (Å²) in [6.07, 6.45) is 6.42. The summed E-state index contributed by atoms with van der Waals surface area (Å²) >= 11 is 0. The Hall–Kier alpha value is -4.24. The lowest BCUT2D eigenvalue weighted by Gasteiger charge is -2.16. The second kappa shape index (κ2) is 12.5. The zero-order valence-corrected chi connectivity index (χ0v) is 22.8. The molecule has 3 heterocycles. The molecule has 202 valence electrons. The quantitative estimate of drug-likeness (QED) is 0.200. The number of aromatic nitrogens is 5. The molecule has 1 saturated heterocycles. The summed E-state index contributed by atoms with van der Waals surface area (Å²) in [5, 5.41) is 23.1. The van der Waals surface area contributed by atoms with Gasteiger partial charge in [-0.25, -0.2) is 0 Å². The van der Waals surface area contributed by atoms with Crippen LogP contribution in [0.4, 0.5) is 17.5 Å². The zero-order valence-electron chi connectivity index (χ0n) is 22.8. The van der Waals surface area contributed by atoms with Crippen molar-refractivity contribution in [1.29, 1.82) is 0 Å². The molecule has 1 atom stereocenters. The molecule has 0 spiro atoms. The molecular formula is C30H37N9. The number of nitrogens with zero attached hydrogens (tertiary/aromatic N) is 4. The van der Waals surface area contributed by atoms with E-state index in [9.17, 15) is 0 Å². The number of rotatable bonds is 9. The molecule has 0 bridgehead atoms. The highest BCUT2D eigenvalue weighted by Crippen LogP contribution is 2.31. The minimum absolute atomic E-state index is 0.216. The van der Waals surface area contributed by atoms with Gasteiger partial charge in [0.2, 0.25) is 5.95 Å². The molecule has 5 rings (SSSR count). The van der Waals surface area contributed by atoms with Gasteiger partial charge in [0.15, 0.2) is 0 Å². The van der Waals surface area contributed by atoms with Gasteiger partial charge in [0.05, 0.1) is 5.69 Å². The predicted molar refractivity (Wildman–Crippen MR) is 159 cm³/mol. The van der Waals surface area contributed by atoms with Gasteiger partial charge in [-0.05, 0) is 60.5 Å². The third-order valence-electron chi connectivity index (χ3n) is 7.13. The number of hydrogen-bond donors (Lipinski definition) is 5. The van der Waals surface area contributed by atoms with Crippen LogP contribution < -0.4 is 21.3 Å². The first-order chi connectivity index (χ1) is 19.1. The van der Waals surface area contributed by atoms with E-state index in [4.69, 9.17) is 9.97 Å². The highest BCUT2D eigenvalue weighted by molar-refractivity contribution is 5.96. The number of fused-ring (bicyclic) bond motifs is 1. The standard InChI is InChI=1S/C30H37N9/c1-20(2)27-18-37-38-19-36-30(35-16-21-10-12-32-15-21)39-29(27)34-17-23-6-4-5-7-25(23)28-26-9-8-24(31-3)14-22(26)11-13-33-28/h4-9,11,13-14,18-21,31-32,37H,10,12,15-17H2,1-3H3,(H2,34,35,36,38,39). The van der Waals surface area contributed by atoms with Gasteiger partial charge in [-0.3, -0.25) is 10.1 Å². The number of pyridine rings is 1. The molecule has 4 aromatic rings. The fourth-order valence-corrected chi connectivity index (χ4v) is 4.92. The molecule has 1 aliphatic rings. The van der Waals surface area contributed by atoms with Crippen LogP contribution in [0.2, 0.25) is 0 Å². The van der Waals surface area contributed by atoms with Crippen LogP contribution >= 0.6 is 0 Å². The van der Waals surface area contributed by atoms with Gasteiger partial charge in [0.1, 0.15) is 12.1 Å². The Morgan fingerprint density at radius 3 is 2.77 bits per heavy atom. The maximum Gasteiger partial charge on any atom is 0.226 e. The van der Waals surface area contributed by atoms with Crippen LogP contribution in [0, 0.1) is 5.92 Å². The molecule has 0 saturated carbocycles. The Kier molecular flexibility index (Phi) is 8.48. The summed E-state index contributed by atoms with van der Waals surface area (Å²) in [6.45, 7) is 7.75. The molecule has 2 aromatic heterocycles. The van der Waals surface area contributed by atoms with Gasteiger partial charge >= 0.3 is 0 Å². The molecule has 9 nitrogen and oxygen atoms in total. The summed E-state index contributed by atoms with van der Waals surface area (Å²) < 4.78 is 0. The molecule has 5 N–H and O–H groups in total. The molecule has 2 aromatic carbocycles. The van der Waals surface area contributed by atoms with E-state index in [1.165, 1.54) is 6.33 Å². The largest absolute Gasteiger partial charge is 0.388 e. The number of hydrogen-bond acceptors (Lipinski definition) is 8. The fraction of sp³-hybridized carbons (Fsp3) is 0.333. The highest BCUT2D eigenvalue weighted by atomic mass is 15.2. The lowest BCUT2D eigenvalue weighted by Crippen LogP contribution is -2.18. The maximum atomic E-state index is 4.95. The van der Waals surface area contributed by atoms with Gasteiger partial charge < -0.3 is 21.3 Å². The van der Waals surface area contributed by atoms with Gasteiger partial charge in [-0.1, -0.05) is 44.2 Å². The Bertz CT molecular complexity index is 1460. The number of nitrogens with one attached hydrogen (secondary N) is 5. The molecule has 1 unspecified atom stereocenters. The van der Waals surface area contributed by atoms with E-state index in [0.29, 0.717) is 18.4 Å². The van der Waals surface area contributed by atoms with E-state index in [-0.39, 0.29) is 5.92 Å². The molecule has 1 fully saturated rings. The highest BCUT2D eigenvalue weighted by Gasteiger charge is 2.15. The van der Waals surface area contributed by atoms with Crippen LogP contribution in [0.1, 0.15) is 37.3 Å². The average molecular weight is 524 g/mol. The van der Waals surface area contributed by atoms with Gasteiger partial charge in [-0.2, -0.15) is 15.1 Å². The monoisotopic (exact) mass is 523 g/mol. The molecule has 0 amide bonds. The first-order valence-corrected chi connectivity index (χ1v) is 13.6. The second-order valence-electron chi connectivity index (χ2n) is 10.1. The van der Waals surface area contributed by atoms with Crippen molar-refractivity contribution in [3.63, 3.8) is 0 Å². The van der Waals surface area contributed by atoms with Crippen molar-refractivity contribution in [2.24, 2.45) is 5.92 Å². The summed E-state index contributed by atoms with van der Waals surface area (Å²) in [5.41, 5.74) is 5.29. The second-order valence-corrected chi connectivity index (χ2v) is 10.1. The summed E-state index contributed by atoms with van der Waals surface area (Å²) in [4.78, 5) is 14.2. The van der Waals surface area contributed by atoms with E-state index in [1.807, 2.05) is 19.4 Å². The molecule has 9 heteroatoms. The number of anilines is 3. The van der Waals surface area contributed by atoms with E-state index in [2.05, 4.69) is 98.8 Å². The topological polar surface area (TPSA) is 115 Å². The van der Waals surface area contributed by atoms with Crippen LogP contribution in [-0.2, 0) is 6.54 Å². The van der Waals surface area contributed by atoms with Crippen molar-refractivity contribution in [2.75, 3.05) is 42.6 Å².